The second kappa shape index (κ2) is 5.29. The van der Waals surface area contributed by atoms with E-state index in [0.717, 1.165) is 46.7 Å². The van der Waals surface area contributed by atoms with Crippen LogP contribution >= 0.6 is 0 Å². The lowest BCUT2D eigenvalue weighted by Crippen LogP contribution is -2.55. The van der Waals surface area contributed by atoms with Crippen molar-refractivity contribution in [2.75, 3.05) is 0 Å². The minimum absolute atomic E-state index is 0.175. The van der Waals surface area contributed by atoms with Crippen LogP contribution < -0.4 is 9.47 Å². The smallest absolute Gasteiger partial charge is 0.178 e. The average molecular weight is 392 g/mol. The lowest BCUT2D eigenvalue weighted by atomic mass is 9.43. The van der Waals surface area contributed by atoms with Gasteiger partial charge in [-0.05, 0) is 90.7 Å². The lowest BCUT2D eigenvalue weighted by Gasteiger charge is -2.61. The third-order valence-corrected chi connectivity index (χ3v) is 8.92. The first kappa shape index (κ1) is 16.0. The van der Waals surface area contributed by atoms with Crippen LogP contribution in [-0.4, -0.2) is 0 Å². The first-order valence-corrected chi connectivity index (χ1v) is 11.5. The molecule has 1 aliphatic heterocycles. The summed E-state index contributed by atoms with van der Waals surface area (Å²) in [4.78, 5) is 0. The van der Waals surface area contributed by atoms with Gasteiger partial charge < -0.3 is 9.47 Å². The highest BCUT2D eigenvalue weighted by molar-refractivity contribution is 5.88. The Morgan fingerprint density at radius 2 is 1.27 bits per heavy atom. The minimum atomic E-state index is 0.175. The molecule has 9 rings (SSSR count). The number of ether oxygens (including phenoxy) is 2. The van der Waals surface area contributed by atoms with Gasteiger partial charge in [-0.3, -0.25) is 0 Å². The summed E-state index contributed by atoms with van der Waals surface area (Å²) in [6, 6.07) is 21.7. The van der Waals surface area contributed by atoms with Gasteiger partial charge in [-0.15, -0.1) is 0 Å². The Hall–Kier alpha value is -2.74. The standard InChI is InChI=1S/C28H24O2/c1-2-6-21-20(5-1)26-22(28(21)18-12-16-11-17(14-18)15-19(28)13-16)9-10-25-27(26)30-24-8-4-3-7-23(24)29-25/h1-10,16-19H,11-15H2. The maximum Gasteiger partial charge on any atom is 0.178 e. The number of para-hydroxylation sites is 2. The minimum Gasteiger partial charge on any atom is -0.449 e. The third-order valence-electron chi connectivity index (χ3n) is 8.92. The zero-order chi connectivity index (χ0) is 19.4. The summed E-state index contributed by atoms with van der Waals surface area (Å²) in [5, 5.41) is 0. The normalized spacial score (nSPS) is 33.3. The molecule has 4 bridgehead atoms. The van der Waals surface area contributed by atoms with Crippen LogP contribution in [0.1, 0.15) is 43.2 Å². The number of benzene rings is 3. The Morgan fingerprint density at radius 1 is 0.600 bits per heavy atom. The maximum absolute atomic E-state index is 6.54. The molecule has 4 saturated carbocycles. The zero-order valence-electron chi connectivity index (χ0n) is 16.9. The maximum atomic E-state index is 6.54. The fourth-order valence-electron chi connectivity index (χ4n) is 8.22. The summed E-state index contributed by atoms with van der Waals surface area (Å²) >= 11 is 0. The summed E-state index contributed by atoms with van der Waals surface area (Å²) in [5.41, 5.74) is 5.92. The Balaban J connectivity index is 1.41. The van der Waals surface area contributed by atoms with Crippen LogP contribution in [-0.2, 0) is 5.41 Å². The van der Waals surface area contributed by atoms with Crippen LogP contribution in [0.4, 0.5) is 0 Å². The summed E-state index contributed by atoms with van der Waals surface area (Å²) in [7, 11) is 0. The van der Waals surface area contributed by atoms with Gasteiger partial charge in [-0.1, -0.05) is 42.5 Å². The molecule has 0 saturated heterocycles. The average Bonchev–Trinajstić information content (AvgIpc) is 3.07. The molecule has 1 spiro atoms. The second-order valence-corrected chi connectivity index (χ2v) is 10.2. The van der Waals surface area contributed by atoms with E-state index in [1.165, 1.54) is 48.8 Å². The van der Waals surface area contributed by atoms with Crippen molar-refractivity contribution in [2.24, 2.45) is 23.7 Å². The molecule has 0 amide bonds. The van der Waals surface area contributed by atoms with Gasteiger partial charge >= 0.3 is 0 Å². The molecule has 30 heavy (non-hydrogen) atoms. The predicted octanol–water partition coefficient (Wildman–Crippen LogP) is 7.31. The van der Waals surface area contributed by atoms with Crippen LogP contribution in [0, 0.1) is 23.7 Å². The topological polar surface area (TPSA) is 18.5 Å². The largest absolute Gasteiger partial charge is 0.449 e. The fraction of sp³-hybridized carbons (Fsp3) is 0.357. The van der Waals surface area contributed by atoms with Crippen LogP contribution in [0.25, 0.3) is 11.1 Å². The van der Waals surface area contributed by atoms with Crippen molar-refractivity contribution in [3.8, 4) is 34.1 Å². The SMILES string of the molecule is c1ccc2c(c1)Oc1ccc3c(c1O2)-c1ccccc1C31C2CC3CC(C2)CC1C3. The van der Waals surface area contributed by atoms with E-state index in [0.29, 0.717) is 0 Å². The first-order valence-electron chi connectivity index (χ1n) is 11.5. The molecule has 148 valence electrons. The summed E-state index contributed by atoms with van der Waals surface area (Å²) in [6.07, 6.45) is 7.09. The molecule has 0 radical (unpaired) electrons. The number of hydrogen-bond donors (Lipinski definition) is 0. The molecule has 0 N–H and O–H groups in total. The van der Waals surface area contributed by atoms with Crippen LogP contribution in [0.3, 0.4) is 0 Å². The molecule has 6 aliphatic rings. The van der Waals surface area contributed by atoms with Crippen molar-refractivity contribution in [3.63, 3.8) is 0 Å². The number of rotatable bonds is 0. The molecule has 0 unspecified atom stereocenters. The monoisotopic (exact) mass is 392 g/mol. The molecule has 2 nitrogen and oxygen atoms in total. The lowest BCUT2D eigenvalue weighted by molar-refractivity contribution is -0.0399. The van der Waals surface area contributed by atoms with E-state index in [1.54, 1.807) is 5.56 Å². The van der Waals surface area contributed by atoms with Gasteiger partial charge in [-0.25, -0.2) is 0 Å². The van der Waals surface area contributed by atoms with Crippen molar-refractivity contribution in [1.29, 1.82) is 0 Å². The Kier molecular flexibility index (Phi) is 2.83. The van der Waals surface area contributed by atoms with Gasteiger partial charge in [0.1, 0.15) is 0 Å². The van der Waals surface area contributed by atoms with Gasteiger partial charge in [0, 0.05) is 11.0 Å². The summed E-state index contributed by atoms with van der Waals surface area (Å²) in [5.74, 6) is 6.85. The van der Waals surface area contributed by atoms with Crippen molar-refractivity contribution in [1.82, 2.24) is 0 Å². The molecule has 5 aliphatic carbocycles. The molecule has 4 fully saturated rings. The highest BCUT2D eigenvalue weighted by Crippen LogP contribution is 2.71. The van der Waals surface area contributed by atoms with Gasteiger partial charge in [0.25, 0.3) is 0 Å². The summed E-state index contributed by atoms with van der Waals surface area (Å²) < 4.78 is 12.8. The van der Waals surface area contributed by atoms with Gasteiger partial charge in [0.05, 0.1) is 0 Å². The second-order valence-electron chi connectivity index (χ2n) is 10.2. The number of hydrogen-bond acceptors (Lipinski definition) is 2. The van der Waals surface area contributed by atoms with E-state index in [-0.39, 0.29) is 5.41 Å². The van der Waals surface area contributed by atoms with E-state index in [2.05, 4.69) is 36.4 Å². The molecular formula is C28H24O2. The van der Waals surface area contributed by atoms with E-state index in [1.807, 2.05) is 24.3 Å². The Bertz CT molecular complexity index is 1200. The quantitative estimate of drug-likeness (QED) is 0.312. The van der Waals surface area contributed by atoms with E-state index < -0.39 is 0 Å². The predicted molar refractivity (Wildman–Crippen MR) is 116 cm³/mol. The highest BCUT2D eigenvalue weighted by Gasteiger charge is 2.62. The van der Waals surface area contributed by atoms with Crippen LogP contribution in [0.5, 0.6) is 23.0 Å². The van der Waals surface area contributed by atoms with E-state index in [9.17, 15) is 0 Å². The van der Waals surface area contributed by atoms with Crippen molar-refractivity contribution in [3.05, 3.63) is 71.8 Å². The molecule has 3 aromatic carbocycles. The molecule has 1 heterocycles. The number of fused-ring (bicyclic) bond motifs is 6. The molecule has 3 aromatic rings. The highest BCUT2D eigenvalue weighted by atomic mass is 16.6. The molecule has 0 aromatic heterocycles. The Labute approximate surface area is 176 Å². The molecular weight excluding hydrogens is 368 g/mol. The van der Waals surface area contributed by atoms with Crippen LogP contribution in [0.15, 0.2) is 60.7 Å². The first-order chi connectivity index (χ1) is 14.8. The van der Waals surface area contributed by atoms with E-state index in [4.69, 9.17) is 9.47 Å². The third kappa shape index (κ3) is 1.75. The van der Waals surface area contributed by atoms with Crippen molar-refractivity contribution < 1.29 is 9.47 Å². The summed E-state index contributed by atoms with van der Waals surface area (Å²) in [6.45, 7) is 0. The molecule has 2 heteroatoms. The fourth-order valence-corrected chi connectivity index (χ4v) is 8.22. The van der Waals surface area contributed by atoms with Crippen molar-refractivity contribution >= 4 is 0 Å². The van der Waals surface area contributed by atoms with Gasteiger partial charge in [0.2, 0.25) is 0 Å². The zero-order valence-corrected chi connectivity index (χ0v) is 16.9. The van der Waals surface area contributed by atoms with Gasteiger partial charge in [0.15, 0.2) is 23.0 Å². The van der Waals surface area contributed by atoms with E-state index >= 15 is 0 Å². The molecule has 0 atom stereocenters. The van der Waals surface area contributed by atoms with Gasteiger partial charge in [-0.2, -0.15) is 0 Å². The van der Waals surface area contributed by atoms with Crippen LogP contribution in [0.2, 0.25) is 0 Å². The van der Waals surface area contributed by atoms with Crippen molar-refractivity contribution in [2.45, 2.75) is 37.5 Å². The Morgan fingerprint density at radius 3 is 2.03 bits per heavy atom.